The predicted octanol–water partition coefficient (Wildman–Crippen LogP) is 3.47. The number of aliphatic hydroxyl groups is 1. The minimum atomic E-state index is -0.306. The molecule has 3 rings (SSSR count). The largest absolute Gasteiger partial charge is 0.451 e. The molecule has 0 spiro atoms. The van der Waals surface area contributed by atoms with Crippen LogP contribution in [0.1, 0.15) is 20.9 Å². The topological polar surface area (TPSA) is 82.8 Å². The third kappa shape index (κ3) is 4.15. The summed E-state index contributed by atoms with van der Waals surface area (Å²) in [5.74, 6) is -0.307. The van der Waals surface area contributed by atoms with Gasteiger partial charge < -0.3 is 19.7 Å². The number of carbonyl (C=O) groups excluding carboxylic acids is 2. The fourth-order valence-corrected chi connectivity index (χ4v) is 3.29. The standard InChI is InChI=1S/C20H20N2O4S/c1-22(9-10-23)20(25)17-12-13-11-14(7-8-16(13)26-17)21-19(24)15-5-3-4-6-18(15)27-2/h3-8,11-12,23H,9-10H2,1-2H3,(H,21,24). The predicted molar refractivity (Wildman–Crippen MR) is 106 cm³/mol. The van der Waals surface area contributed by atoms with E-state index in [1.165, 1.54) is 16.7 Å². The van der Waals surface area contributed by atoms with Gasteiger partial charge >= 0.3 is 0 Å². The Morgan fingerprint density at radius 3 is 2.70 bits per heavy atom. The van der Waals surface area contributed by atoms with Crippen molar-refractivity contribution >= 4 is 40.2 Å². The molecule has 2 amide bonds. The van der Waals surface area contributed by atoms with Crippen LogP contribution in [-0.2, 0) is 0 Å². The van der Waals surface area contributed by atoms with Gasteiger partial charge in [0, 0.05) is 29.6 Å². The van der Waals surface area contributed by atoms with Crippen LogP contribution in [0, 0.1) is 0 Å². The molecule has 0 bridgehead atoms. The maximum absolute atomic E-state index is 12.6. The Kier molecular flexibility index (Phi) is 5.83. The number of aliphatic hydroxyl groups excluding tert-OH is 1. The smallest absolute Gasteiger partial charge is 0.289 e. The number of rotatable bonds is 6. The van der Waals surface area contributed by atoms with Crippen molar-refractivity contribution in [3.63, 3.8) is 0 Å². The molecule has 7 heteroatoms. The third-order valence-electron chi connectivity index (χ3n) is 4.12. The highest BCUT2D eigenvalue weighted by Gasteiger charge is 2.17. The Morgan fingerprint density at radius 1 is 1.19 bits per heavy atom. The van der Waals surface area contributed by atoms with E-state index < -0.39 is 0 Å². The van der Waals surface area contributed by atoms with Gasteiger partial charge in [0.1, 0.15) is 5.58 Å². The van der Waals surface area contributed by atoms with Gasteiger partial charge in [0.05, 0.1) is 12.2 Å². The number of anilines is 1. The number of nitrogens with one attached hydrogen (secondary N) is 1. The number of benzene rings is 2. The van der Waals surface area contributed by atoms with Crippen molar-refractivity contribution in [2.24, 2.45) is 0 Å². The molecule has 0 unspecified atom stereocenters. The number of hydrogen-bond acceptors (Lipinski definition) is 5. The number of likely N-dealkylation sites (N-methyl/N-ethyl adjacent to an activating group) is 1. The van der Waals surface area contributed by atoms with E-state index in [1.807, 2.05) is 24.5 Å². The summed E-state index contributed by atoms with van der Waals surface area (Å²) < 4.78 is 5.59. The fraction of sp³-hybridized carbons (Fsp3) is 0.200. The quantitative estimate of drug-likeness (QED) is 0.636. The van der Waals surface area contributed by atoms with Crippen molar-refractivity contribution in [1.29, 1.82) is 0 Å². The summed E-state index contributed by atoms with van der Waals surface area (Å²) in [7, 11) is 1.60. The van der Waals surface area contributed by atoms with Crippen LogP contribution < -0.4 is 5.32 Å². The minimum Gasteiger partial charge on any atom is -0.451 e. The van der Waals surface area contributed by atoms with Crippen LogP contribution >= 0.6 is 11.8 Å². The highest BCUT2D eigenvalue weighted by atomic mass is 32.2. The normalized spacial score (nSPS) is 10.8. The first kappa shape index (κ1) is 19.0. The van der Waals surface area contributed by atoms with Gasteiger partial charge in [-0.05, 0) is 42.7 Å². The molecular weight excluding hydrogens is 364 g/mol. The summed E-state index contributed by atoms with van der Waals surface area (Å²) in [5.41, 5.74) is 1.78. The second-order valence-electron chi connectivity index (χ2n) is 5.97. The molecule has 0 radical (unpaired) electrons. The average Bonchev–Trinajstić information content (AvgIpc) is 3.10. The van der Waals surface area contributed by atoms with Gasteiger partial charge in [-0.15, -0.1) is 11.8 Å². The number of hydrogen-bond donors (Lipinski definition) is 2. The summed E-state index contributed by atoms with van der Waals surface area (Å²) in [4.78, 5) is 27.1. The zero-order valence-corrected chi connectivity index (χ0v) is 15.9. The van der Waals surface area contributed by atoms with Crippen LogP contribution in [0.4, 0.5) is 5.69 Å². The van der Waals surface area contributed by atoms with Crippen molar-refractivity contribution < 1.29 is 19.1 Å². The van der Waals surface area contributed by atoms with E-state index >= 15 is 0 Å². The zero-order chi connectivity index (χ0) is 19.4. The van der Waals surface area contributed by atoms with Crippen molar-refractivity contribution in [3.05, 3.63) is 59.9 Å². The Hall–Kier alpha value is -2.77. The first-order chi connectivity index (χ1) is 13.0. The molecule has 140 valence electrons. The lowest BCUT2D eigenvalue weighted by Gasteiger charge is -2.13. The van der Waals surface area contributed by atoms with Gasteiger partial charge in [-0.25, -0.2) is 0 Å². The molecule has 6 nitrogen and oxygen atoms in total. The van der Waals surface area contributed by atoms with Crippen LogP contribution in [0.5, 0.6) is 0 Å². The van der Waals surface area contributed by atoms with E-state index in [0.717, 1.165) is 4.90 Å². The maximum Gasteiger partial charge on any atom is 0.289 e. The number of nitrogens with zero attached hydrogens (tertiary/aromatic N) is 1. The van der Waals surface area contributed by atoms with Crippen molar-refractivity contribution in [3.8, 4) is 0 Å². The van der Waals surface area contributed by atoms with Crippen LogP contribution in [0.15, 0.2) is 57.8 Å². The Morgan fingerprint density at radius 2 is 1.96 bits per heavy atom. The average molecular weight is 384 g/mol. The van der Waals surface area contributed by atoms with E-state index in [0.29, 0.717) is 22.2 Å². The van der Waals surface area contributed by atoms with E-state index in [9.17, 15) is 9.59 Å². The van der Waals surface area contributed by atoms with Crippen LogP contribution in [0.3, 0.4) is 0 Å². The van der Waals surface area contributed by atoms with Crippen molar-refractivity contribution in [1.82, 2.24) is 4.90 Å². The number of thioether (sulfide) groups is 1. The van der Waals surface area contributed by atoms with Gasteiger partial charge in [0.15, 0.2) is 5.76 Å². The number of furan rings is 1. The molecule has 0 atom stereocenters. The van der Waals surface area contributed by atoms with Gasteiger partial charge in [0.2, 0.25) is 0 Å². The summed E-state index contributed by atoms with van der Waals surface area (Å²) in [5, 5.41) is 12.6. The molecule has 0 aliphatic rings. The highest BCUT2D eigenvalue weighted by Crippen LogP contribution is 2.25. The number of fused-ring (bicyclic) bond motifs is 1. The zero-order valence-electron chi connectivity index (χ0n) is 15.1. The molecule has 1 aromatic heterocycles. The maximum atomic E-state index is 12.6. The van der Waals surface area contributed by atoms with Gasteiger partial charge in [0.25, 0.3) is 11.8 Å². The molecule has 0 aliphatic carbocycles. The molecule has 0 aliphatic heterocycles. The molecule has 2 N–H and O–H groups in total. The van der Waals surface area contributed by atoms with Crippen molar-refractivity contribution in [2.45, 2.75) is 4.90 Å². The lowest BCUT2D eigenvalue weighted by atomic mass is 10.2. The molecule has 0 fully saturated rings. The first-order valence-electron chi connectivity index (χ1n) is 8.37. The van der Waals surface area contributed by atoms with Crippen molar-refractivity contribution in [2.75, 3.05) is 31.8 Å². The summed E-state index contributed by atoms with van der Waals surface area (Å²) in [6.45, 7) is 0.113. The lowest BCUT2D eigenvalue weighted by Crippen LogP contribution is -2.29. The van der Waals surface area contributed by atoms with Gasteiger partial charge in [-0.3, -0.25) is 9.59 Å². The summed E-state index contributed by atoms with van der Waals surface area (Å²) in [6, 6.07) is 14.3. The number of carbonyl (C=O) groups is 2. The van der Waals surface area contributed by atoms with E-state index in [4.69, 9.17) is 9.52 Å². The van der Waals surface area contributed by atoms with Crippen LogP contribution in [0.2, 0.25) is 0 Å². The SMILES string of the molecule is CSc1ccccc1C(=O)Nc1ccc2oc(C(=O)N(C)CCO)cc2c1. The Labute approximate surface area is 161 Å². The third-order valence-corrected chi connectivity index (χ3v) is 4.91. The lowest BCUT2D eigenvalue weighted by molar-refractivity contribution is 0.0738. The second kappa shape index (κ2) is 8.28. The highest BCUT2D eigenvalue weighted by molar-refractivity contribution is 7.98. The van der Waals surface area contributed by atoms with Crippen LogP contribution in [0.25, 0.3) is 11.0 Å². The summed E-state index contributed by atoms with van der Waals surface area (Å²) >= 11 is 1.51. The monoisotopic (exact) mass is 384 g/mol. The molecule has 1 heterocycles. The second-order valence-corrected chi connectivity index (χ2v) is 6.82. The first-order valence-corrected chi connectivity index (χ1v) is 9.60. The number of amides is 2. The molecule has 3 aromatic rings. The molecule has 27 heavy (non-hydrogen) atoms. The molecule has 2 aromatic carbocycles. The molecule has 0 saturated carbocycles. The Balaban J connectivity index is 1.82. The van der Waals surface area contributed by atoms with E-state index in [1.54, 1.807) is 37.4 Å². The summed E-state index contributed by atoms with van der Waals surface area (Å²) in [6.07, 6.45) is 1.93. The molecule has 0 saturated heterocycles. The molecular formula is C20H20N2O4S. The Bertz CT molecular complexity index is 983. The fourth-order valence-electron chi connectivity index (χ4n) is 2.70. The van der Waals surface area contributed by atoms with Gasteiger partial charge in [-0.2, -0.15) is 0 Å². The van der Waals surface area contributed by atoms with Gasteiger partial charge in [-0.1, -0.05) is 12.1 Å². The van der Waals surface area contributed by atoms with E-state index in [2.05, 4.69) is 5.32 Å². The van der Waals surface area contributed by atoms with E-state index in [-0.39, 0.29) is 30.7 Å². The van der Waals surface area contributed by atoms with Crippen LogP contribution in [-0.4, -0.2) is 48.3 Å². The minimum absolute atomic E-state index is 0.115.